The molecule has 1 atom stereocenters. The molecule has 122 valence electrons. The van der Waals surface area contributed by atoms with Gasteiger partial charge in [0.2, 0.25) is 0 Å². The Morgan fingerprint density at radius 1 is 1.04 bits per heavy atom. The third-order valence-corrected chi connectivity index (χ3v) is 4.29. The molecule has 0 unspecified atom stereocenters. The second-order valence-electron chi connectivity index (χ2n) is 6.33. The van der Waals surface area contributed by atoms with Gasteiger partial charge in [-0.3, -0.25) is 0 Å². The van der Waals surface area contributed by atoms with Crippen LogP contribution in [-0.2, 0) is 17.9 Å². The van der Waals surface area contributed by atoms with E-state index >= 15 is 0 Å². The van der Waals surface area contributed by atoms with Crippen molar-refractivity contribution in [2.24, 2.45) is 5.92 Å². The Morgan fingerprint density at radius 3 is 2.26 bits per heavy atom. The maximum Gasteiger partial charge on any atom is 0.140 e. The molecule has 0 amide bonds. The Kier molecular flexibility index (Phi) is 5.94. The fourth-order valence-corrected chi connectivity index (χ4v) is 2.12. The Balaban J connectivity index is 1.88. The number of carbonyl (C=O) groups is 1. The van der Waals surface area contributed by atoms with Crippen molar-refractivity contribution in [1.82, 2.24) is 5.32 Å². The first-order valence-corrected chi connectivity index (χ1v) is 8.00. The lowest BCUT2D eigenvalue weighted by Crippen LogP contribution is -2.47. The maximum atomic E-state index is 11.3. The van der Waals surface area contributed by atoms with Crippen molar-refractivity contribution < 1.29 is 9.53 Å². The molecular formula is C20H25NO2. The Morgan fingerprint density at radius 2 is 1.70 bits per heavy atom. The Hall–Kier alpha value is -2.13. The van der Waals surface area contributed by atoms with E-state index in [2.05, 4.69) is 5.32 Å². The SMILES string of the molecule is CC(C)[C@@](C)(C=O)NCc1ccc(OCc2ccccc2)cc1. The first-order valence-electron chi connectivity index (χ1n) is 8.00. The summed E-state index contributed by atoms with van der Waals surface area (Å²) in [5.74, 6) is 1.09. The molecule has 0 radical (unpaired) electrons. The molecule has 0 saturated carbocycles. The van der Waals surface area contributed by atoms with E-state index in [4.69, 9.17) is 4.74 Å². The minimum Gasteiger partial charge on any atom is -0.489 e. The summed E-state index contributed by atoms with van der Waals surface area (Å²) in [5.41, 5.74) is 1.78. The summed E-state index contributed by atoms with van der Waals surface area (Å²) >= 11 is 0. The Labute approximate surface area is 138 Å². The molecule has 1 N–H and O–H groups in total. The van der Waals surface area contributed by atoms with Gasteiger partial charge in [-0.1, -0.05) is 56.3 Å². The van der Waals surface area contributed by atoms with Gasteiger partial charge in [-0.05, 0) is 36.1 Å². The quantitative estimate of drug-likeness (QED) is 0.750. The molecular weight excluding hydrogens is 286 g/mol. The lowest BCUT2D eigenvalue weighted by atomic mass is 9.90. The molecule has 2 aromatic rings. The number of nitrogens with one attached hydrogen (secondary N) is 1. The topological polar surface area (TPSA) is 38.3 Å². The largest absolute Gasteiger partial charge is 0.489 e. The van der Waals surface area contributed by atoms with Gasteiger partial charge in [0.1, 0.15) is 18.6 Å². The summed E-state index contributed by atoms with van der Waals surface area (Å²) in [6.45, 7) is 7.24. The fraction of sp³-hybridized carbons (Fsp3) is 0.350. The lowest BCUT2D eigenvalue weighted by molar-refractivity contribution is -0.114. The van der Waals surface area contributed by atoms with E-state index in [1.54, 1.807) is 0 Å². The maximum absolute atomic E-state index is 11.3. The van der Waals surface area contributed by atoms with Crippen LogP contribution in [0.15, 0.2) is 54.6 Å². The summed E-state index contributed by atoms with van der Waals surface area (Å²) in [6.07, 6.45) is 0.995. The van der Waals surface area contributed by atoms with Crippen LogP contribution in [-0.4, -0.2) is 11.8 Å². The summed E-state index contributed by atoms with van der Waals surface area (Å²) in [4.78, 5) is 11.3. The van der Waals surface area contributed by atoms with Crippen molar-refractivity contribution in [3.63, 3.8) is 0 Å². The van der Waals surface area contributed by atoms with Crippen molar-refractivity contribution in [2.45, 2.75) is 39.5 Å². The number of hydrogen-bond acceptors (Lipinski definition) is 3. The third-order valence-electron chi connectivity index (χ3n) is 4.29. The predicted molar refractivity (Wildman–Crippen MR) is 93.4 cm³/mol. The molecule has 0 aliphatic rings. The van der Waals surface area contributed by atoms with Gasteiger partial charge in [0.05, 0.1) is 5.54 Å². The van der Waals surface area contributed by atoms with Crippen LogP contribution in [0.3, 0.4) is 0 Å². The summed E-state index contributed by atoms with van der Waals surface area (Å²) < 4.78 is 5.78. The zero-order valence-electron chi connectivity index (χ0n) is 14.1. The first-order chi connectivity index (χ1) is 11.0. The van der Waals surface area contributed by atoms with Crippen LogP contribution in [0.2, 0.25) is 0 Å². The summed E-state index contributed by atoms with van der Waals surface area (Å²) in [5, 5.41) is 3.33. The number of carbonyl (C=O) groups excluding carboxylic acids is 1. The minimum atomic E-state index is -0.498. The van der Waals surface area contributed by atoms with E-state index in [-0.39, 0.29) is 5.92 Å². The average molecular weight is 311 g/mol. The van der Waals surface area contributed by atoms with Crippen LogP contribution in [0.5, 0.6) is 5.75 Å². The molecule has 0 aliphatic heterocycles. The molecule has 2 rings (SSSR count). The molecule has 3 nitrogen and oxygen atoms in total. The molecule has 0 aliphatic carbocycles. The smallest absolute Gasteiger partial charge is 0.140 e. The Bertz CT molecular complexity index is 607. The summed E-state index contributed by atoms with van der Waals surface area (Å²) in [7, 11) is 0. The second kappa shape index (κ2) is 7.93. The highest BCUT2D eigenvalue weighted by Gasteiger charge is 2.26. The van der Waals surface area contributed by atoms with Gasteiger partial charge in [0, 0.05) is 6.54 Å². The number of rotatable bonds is 8. The zero-order valence-corrected chi connectivity index (χ0v) is 14.1. The van der Waals surface area contributed by atoms with E-state index in [1.807, 2.05) is 75.4 Å². The van der Waals surface area contributed by atoms with E-state index < -0.39 is 5.54 Å². The van der Waals surface area contributed by atoms with Crippen molar-refractivity contribution in [1.29, 1.82) is 0 Å². The molecule has 0 heterocycles. The fourth-order valence-electron chi connectivity index (χ4n) is 2.12. The van der Waals surface area contributed by atoms with E-state index in [0.717, 1.165) is 23.2 Å². The number of aldehydes is 1. The van der Waals surface area contributed by atoms with Crippen molar-refractivity contribution in [2.75, 3.05) is 0 Å². The standard InChI is InChI=1S/C20H25NO2/c1-16(2)20(3,15-22)21-13-17-9-11-19(12-10-17)23-14-18-7-5-4-6-8-18/h4-12,15-16,21H,13-14H2,1-3H3/t20-/m1/s1. The van der Waals surface area contributed by atoms with Crippen molar-refractivity contribution >= 4 is 6.29 Å². The highest BCUT2D eigenvalue weighted by molar-refractivity contribution is 5.63. The van der Waals surface area contributed by atoms with Gasteiger partial charge in [-0.15, -0.1) is 0 Å². The molecule has 3 heteroatoms. The van der Waals surface area contributed by atoms with Crippen molar-refractivity contribution in [3.8, 4) is 5.75 Å². The minimum absolute atomic E-state index is 0.244. The third kappa shape index (κ3) is 4.93. The molecule has 0 spiro atoms. The number of hydrogen-bond donors (Lipinski definition) is 1. The highest BCUT2D eigenvalue weighted by atomic mass is 16.5. The van der Waals surface area contributed by atoms with Crippen LogP contribution in [0.1, 0.15) is 31.9 Å². The molecule has 0 bridgehead atoms. The van der Waals surface area contributed by atoms with Gasteiger partial charge >= 0.3 is 0 Å². The molecule has 0 aromatic heterocycles. The summed E-state index contributed by atoms with van der Waals surface area (Å²) in [6, 6.07) is 18.1. The van der Waals surface area contributed by atoms with Gasteiger partial charge in [-0.2, -0.15) is 0 Å². The van der Waals surface area contributed by atoms with Crippen LogP contribution >= 0.6 is 0 Å². The zero-order chi connectivity index (χ0) is 16.7. The molecule has 0 saturated heterocycles. The van der Waals surface area contributed by atoms with Gasteiger partial charge in [-0.25, -0.2) is 0 Å². The molecule has 0 fully saturated rings. The second-order valence-corrected chi connectivity index (χ2v) is 6.33. The van der Waals surface area contributed by atoms with Crippen molar-refractivity contribution in [3.05, 3.63) is 65.7 Å². The first kappa shape index (κ1) is 17.2. The molecule has 23 heavy (non-hydrogen) atoms. The van der Waals surface area contributed by atoms with E-state index in [9.17, 15) is 4.79 Å². The number of benzene rings is 2. The van der Waals surface area contributed by atoms with Crippen LogP contribution < -0.4 is 10.1 Å². The lowest BCUT2D eigenvalue weighted by Gasteiger charge is -2.29. The predicted octanol–water partition coefficient (Wildman–Crippen LogP) is 3.97. The van der Waals surface area contributed by atoms with Crippen LogP contribution in [0, 0.1) is 5.92 Å². The van der Waals surface area contributed by atoms with Crippen LogP contribution in [0.4, 0.5) is 0 Å². The monoisotopic (exact) mass is 311 g/mol. The molecule has 2 aromatic carbocycles. The van der Waals surface area contributed by atoms with Gasteiger partial charge in [0.15, 0.2) is 0 Å². The van der Waals surface area contributed by atoms with Gasteiger partial charge < -0.3 is 14.8 Å². The van der Waals surface area contributed by atoms with E-state index in [0.29, 0.717) is 13.2 Å². The number of ether oxygens (including phenoxy) is 1. The van der Waals surface area contributed by atoms with E-state index in [1.165, 1.54) is 0 Å². The van der Waals surface area contributed by atoms with Gasteiger partial charge in [0.25, 0.3) is 0 Å². The highest BCUT2D eigenvalue weighted by Crippen LogP contribution is 2.17. The average Bonchev–Trinajstić information content (AvgIpc) is 2.59. The normalized spacial score (nSPS) is 13.6. The van der Waals surface area contributed by atoms with Crippen LogP contribution in [0.25, 0.3) is 0 Å².